The number of nitrogens with one attached hydrogen (secondary N) is 3. The quantitative estimate of drug-likeness (QED) is 0.330. The maximum atomic E-state index is 12.6. The van der Waals surface area contributed by atoms with Crippen molar-refractivity contribution < 1.29 is 28.7 Å². The second-order valence-electron chi connectivity index (χ2n) is 10.9. The Labute approximate surface area is 261 Å². The Kier molecular flexibility index (Phi) is 9.86. The van der Waals surface area contributed by atoms with Gasteiger partial charge in [-0.15, -0.1) is 0 Å². The Morgan fingerprint density at radius 2 is 1.38 bits per heavy atom. The molecule has 0 aliphatic carbocycles. The summed E-state index contributed by atoms with van der Waals surface area (Å²) in [6, 6.07) is 0. The summed E-state index contributed by atoms with van der Waals surface area (Å²) in [6.07, 6.45) is 10.0. The highest BCUT2D eigenvalue weighted by molar-refractivity contribution is 6.30. The largest absolute Gasteiger partial charge is 0.469 e. The minimum atomic E-state index is -0.380. The number of ether oxygens (including phenoxy) is 2. The molecule has 0 saturated carbocycles. The first-order valence-electron chi connectivity index (χ1n) is 14.5. The molecule has 234 valence electrons. The minimum absolute atomic E-state index is 0.110. The van der Waals surface area contributed by atoms with Crippen LogP contribution >= 0.6 is 0 Å². The lowest BCUT2D eigenvalue weighted by Crippen LogP contribution is -2.17. The average molecular weight is 611 g/mol. The zero-order valence-corrected chi connectivity index (χ0v) is 26.5. The molecule has 0 unspecified atom stereocenters. The highest BCUT2D eigenvalue weighted by Crippen LogP contribution is 2.29. The number of rotatable bonds is 11. The molecule has 2 amide bonds. The zero-order chi connectivity index (χ0) is 33.0. The molecule has 3 N–H and O–H groups in total. The van der Waals surface area contributed by atoms with E-state index < -0.39 is 0 Å². The predicted octanol–water partition coefficient (Wildman–Crippen LogP) is 3.85. The smallest absolute Gasteiger partial charge is 0.305 e. The van der Waals surface area contributed by atoms with Gasteiger partial charge in [-0.25, -0.2) is 4.99 Å². The van der Waals surface area contributed by atoms with Gasteiger partial charge in [0.2, 0.25) is 0 Å². The fraction of sp³-hybridized carbons (Fsp3) is 0.286. The first kappa shape index (κ1) is 32.7. The number of esters is 2. The molecule has 0 fully saturated rings. The van der Waals surface area contributed by atoms with Gasteiger partial charge in [-0.1, -0.05) is 25.3 Å². The van der Waals surface area contributed by atoms with E-state index in [0.717, 1.165) is 55.5 Å². The van der Waals surface area contributed by atoms with Gasteiger partial charge in [0.1, 0.15) is 0 Å². The van der Waals surface area contributed by atoms with Crippen LogP contribution in [0.25, 0.3) is 30.4 Å². The molecule has 4 heterocycles. The lowest BCUT2D eigenvalue weighted by atomic mass is 10.0. The summed E-state index contributed by atoms with van der Waals surface area (Å²) in [5, 5.41) is 4.49. The predicted molar refractivity (Wildman–Crippen MR) is 175 cm³/mol. The number of methoxy groups -OCH3 is 2. The van der Waals surface area contributed by atoms with E-state index in [9.17, 15) is 19.2 Å². The van der Waals surface area contributed by atoms with E-state index in [0.29, 0.717) is 29.0 Å². The van der Waals surface area contributed by atoms with Gasteiger partial charge in [0.15, 0.2) is 0 Å². The van der Waals surface area contributed by atoms with Gasteiger partial charge < -0.3 is 24.8 Å². The number of H-pyrrole nitrogens is 2. The van der Waals surface area contributed by atoms with E-state index in [2.05, 4.69) is 33.4 Å². The van der Waals surface area contributed by atoms with E-state index in [1.165, 1.54) is 14.2 Å². The summed E-state index contributed by atoms with van der Waals surface area (Å²) in [5.74, 6) is -1.32. The lowest BCUT2D eigenvalue weighted by molar-refractivity contribution is -0.141. The van der Waals surface area contributed by atoms with Crippen molar-refractivity contribution in [1.29, 1.82) is 0 Å². The van der Waals surface area contributed by atoms with Crippen molar-refractivity contribution in [2.75, 3.05) is 14.2 Å². The minimum Gasteiger partial charge on any atom is -0.469 e. The van der Waals surface area contributed by atoms with E-state index >= 15 is 0 Å². The molecule has 2 aliphatic heterocycles. The van der Waals surface area contributed by atoms with E-state index in [4.69, 9.17) is 9.47 Å². The molecule has 10 nitrogen and oxygen atoms in total. The number of hydrogen-bond donors (Lipinski definition) is 3. The molecule has 2 aliphatic rings. The van der Waals surface area contributed by atoms with Crippen LogP contribution in [0.2, 0.25) is 0 Å². The van der Waals surface area contributed by atoms with Crippen LogP contribution in [0, 0.1) is 13.8 Å². The maximum Gasteiger partial charge on any atom is 0.305 e. The topological polar surface area (TPSA) is 143 Å². The van der Waals surface area contributed by atoms with Gasteiger partial charge in [-0.05, 0) is 81.0 Å². The number of aliphatic imine (C=N–C) groups is 1. The van der Waals surface area contributed by atoms with Gasteiger partial charge in [-0.2, -0.15) is 0 Å². The molecule has 0 bridgehead atoms. The first-order chi connectivity index (χ1) is 21.4. The van der Waals surface area contributed by atoms with Crippen LogP contribution < -0.4 is 16.0 Å². The Hall–Kier alpha value is -5.25. The van der Waals surface area contributed by atoms with Crippen molar-refractivity contribution in [3.8, 4) is 0 Å². The van der Waals surface area contributed by atoms with Gasteiger partial charge in [0.25, 0.3) is 11.8 Å². The number of carbonyl (C=O) groups is 4. The van der Waals surface area contributed by atoms with Gasteiger partial charge in [0, 0.05) is 62.9 Å². The number of nitrogens with zero attached hydrogens (tertiary/aromatic N) is 1. The second-order valence-corrected chi connectivity index (χ2v) is 10.9. The maximum absolute atomic E-state index is 12.6. The Bertz CT molecular complexity index is 1890. The number of hydrogen-bond acceptors (Lipinski definition) is 6. The molecular formula is C35H38N4O6. The molecule has 0 radical (unpaired) electrons. The first-order valence-corrected chi connectivity index (χ1v) is 14.5. The number of aromatic nitrogens is 2. The van der Waals surface area contributed by atoms with Crippen molar-refractivity contribution >= 4 is 59.8 Å². The molecule has 0 saturated heterocycles. The number of amides is 2. The normalized spacial score (nSPS) is 16.6. The Balaban J connectivity index is 1.72. The monoisotopic (exact) mass is 610 g/mol. The van der Waals surface area contributed by atoms with Crippen LogP contribution in [0.1, 0.15) is 73.2 Å². The van der Waals surface area contributed by atoms with Gasteiger partial charge >= 0.3 is 11.9 Å². The zero-order valence-electron chi connectivity index (χ0n) is 26.5. The third kappa shape index (κ3) is 6.64. The summed E-state index contributed by atoms with van der Waals surface area (Å²) < 4.78 is 9.42. The molecule has 2 aromatic rings. The molecule has 0 atom stereocenters. The lowest BCUT2D eigenvalue weighted by Gasteiger charge is -2.01. The SMILES string of the molecule is C=Cc1c(/C=C2\NC(=O)C(CCC(=O)OC)=C2C)[nH]c(/C=c2\[nH]/c(=C\C3=NC(=O)C(CCC(=O)OC)=C3C)c(C)c2C=C)c1C. The fourth-order valence-corrected chi connectivity index (χ4v) is 5.51. The van der Waals surface area contributed by atoms with Crippen LogP contribution in [-0.4, -0.2) is 53.7 Å². The van der Waals surface area contributed by atoms with E-state index in [1.54, 1.807) is 12.2 Å². The van der Waals surface area contributed by atoms with Crippen LogP contribution in [-0.2, 0) is 28.7 Å². The highest BCUT2D eigenvalue weighted by atomic mass is 16.5. The number of aromatic amines is 2. The summed E-state index contributed by atoms with van der Waals surface area (Å²) in [4.78, 5) is 59.6. The summed E-state index contributed by atoms with van der Waals surface area (Å²) >= 11 is 0. The Morgan fingerprint density at radius 3 is 1.98 bits per heavy atom. The highest BCUT2D eigenvalue weighted by Gasteiger charge is 2.26. The molecule has 4 rings (SSSR count). The third-order valence-corrected chi connectivity index (χ3v) is 8.31. The number of carbonyl (C=O) groups excluding carboxylic acids is 4. The van der Waals surface area contributed by atoms with Crippen molar-refractivity contribution in [2.45, 2.75) is 53.4 Å². The summed E-state index contributed by atoms with van der Waals surface area (Å²) in [6.45, 7) is 15.6. The standard InChI is InChI=1S/C35H38N4O6/c1-9-22-18(3)26(15-28-20(5)24(34(42)38-28)11-13-32(40)44-7)36-30(22)16-27-19(4)23(10-2)31(37-27)17-29-21(6)25(35(43)39-29)12-14-33(41)45-8/h9-10,15-17,36-37H,1-2,11-14H2,3-8H3,(H,39,43)/b26-15-,29-17-,30-16-. The van der Waals surface area contributed by atoms with E-state index in [-0.39, 0.29) is 43.0 Å². The van der Waals surface area contributed by atoms with Crippen molar-refractivity contribution in [3.05, 3.63) is 85.5 Å². The van der Waals surface area contributed by atoms with Gasteiger partial charge in [0.05, 0.1) is 19.9 Å². The third-order valence-electron chi connectivity index (χ3n) is 8.31. The van der Waals surface area contributed by atoms with Crippen LogP contribution in [0.5, 0.6) is 0 Å². The van der Waals surface area contributed by atoms with Crippen molar-refractivity contribution in [3.63, 3.8) is 0 Å². The number of allylic oxidation sites excluding steroid dienone is 2. The molecule has 10 heteroatoms. The van der Waals surface area contributed by atoms with Crippen LogP contribution in [0.3, 0.4) is 0 Å². The van der Waals surface area contributed by atoms with Crippen molar-refractivity contribution in [2.24, 2.45) is 4.99 Å². The molecule has 2 aromatic heterocycles. The fourth-order valence-electron chi connectivity index (χ4n) is 5.51. The molecule has 0 aromatic carbocycles. The van der Waals surface area contributed by atoms with Crippen molar-refractivity contribution in [1.82, 2.24) is 15.3 Å². The van der Waals surface area contributed by atoms with Crippen LogP contribution in [0.15, 0.2) is 46.1 Å². The van der Waals surface area contributed by atoms with Crippen LogP contribution in [0.4, 0.5) is 0 Å². The summed E-state index contributed by atoms with van der Waals surface area (Å²) in [7, 11) is 2.64. The Morgan fingerprint density at radius 1 is 0.756 bits per heavy atom. The second kappa shape index (κ2) is 13.6. The van der Waals surface area contributed by atoms with Gasteiger partial charge in [-0.3, -0.25) is 19.2 Å². The van der Waals surface area contributed by atoms with E-state index in [1.807, 2.05) is 45.9 Å². The summed E-state index contributed by atoms with van der Waals surface area (Å²) in [5.41, 5.74) is 9.03. The average Bonchev–Trinajstić information content (AvgIpc) is 3.66. The molecular weight excluding hydrogens is 572 g/mol. The molecule has 45 heavy (non-hydrogen) atoms. The molecule has 0 spiro atoms.